The molecule has 8 nitrogen and oxygen atoms in total. The Bertz CT molecular complexity index is 1350. The van der Waals surface area contributed by atoms with Crippen molar-refractivity contribution in [3.63, 3.8) is 0 Å². The zero-order valence-corrected chi connectivity index (χ0v) is 20.0. The summed E-state index contributed by atoms with van der Waals surface area (Å²) in [6, 6.07) is 9.93. The van der Waals surface area contributed by atoms with Crippen LogP contribution in [0, 0.1) is 17.0 Å². The molecule has 0 radical (unpaired) electrons. The number of aryl methyl sites for hydroxylation is 1. The Morgan fingerprint density at radius 2 is 2.00 bits per heavy atom. The molecule has 1 N–H and O–H groups in total. The van der Waals surface area contributed by atoms with Gasteiger partial charge < -0.3 is 9.32 Å². The van der Waals surface area contributed by atoms with Crippen LogP contribution < -0.4 is 10.3 Å². The number of hydrogen-bond donors (Lipinski definition) is 1. The molecule has 2 aromatic carbocycles. The Hall–Kier alpha value is -3.94. The zero-order valence-electron chi connectivity index (χ0n) is 20.0. The van der Waals surface area contributed by atoms with Crippen molar-refractivity contribution in [2.75, 3.05) is 11.4 Å². The molecule has 0 unspecified atom stereocenters. The molecule has 0 bridgehead atoms. The summed E-state index contributed by atoms with van der Waals surface area (Å²) in [5.41, 5.74) is 8.30. The number of benzene rings is 2. The second-order valence-corrected chi connectivity index (χ2v) is 9.15. The minimum absolute atomic E-state index is 0.0334. The van der Waals surface area contributed by atoms with E-state index in [2.05, 4.69) is 61.3 Å². The Kier molecular flexibility index (Phi) is 6.00. The van der Waals surface area contributed by atoms with Gasteiger partial charge in [0, 0.05) is 35.3 Å². The molecular formula is C26H28N4O4. The summed E-state index contributed by atoms with van der Waals surface area (Å²) in [6.45, 7) is 11.7. The molecule has 3 aromatic rings. The molecule has 0 aliphatic carbocycles. The Morgan fingerprint density at radius 1 is 1.24 bits per heavy atom. The maximum atomic E-state index is 12.5. The lowest BCUT2D eigenvalue weighted by atomic mass is 9.87. The number of nitro benzene ring substituents is 1. The first-order valence-electron chi connectivity index (χ1n) is 11.2. The number of non-ortho nitro benzene ring substituents is 1. The molecule has 4 rings (SSSR count). The van der Waals surface area contributed by atoms with Gasteiger partial charge in [-0.05, 0) is 75.1 Å². The standard InChI is InChI=1S/C26H28N4O4/c1-6-9-29-22-10-16(2)19(12-21(22)17(3)14-26(29,4)5)15-27-28-25(31)24-13-18-11-20(30(32)33)7-8-23(18)34-24/h7-8,10-15H,6,9H2,1-5H3,(H,28,31)/b27-15-. The van der Waals surface area contributed by atoms with Crippen LogP contribution in [0.4, 0.5) is 11.4 Å². The van der Waals surface area contributed by atoms with Gasteiger partial charge in [0.25, 0.3) is 5.69 Å². The number of rotatable bonds is 6. The molecule has 8 heteroatoms. The highest BCUT2D eigenvalue weighted by atomic mass is 16.6. The topological polar surface area (TPSA) is 101 Å². The van der Waals surface area contributed by atoms with Gasteiger partial charge >= 0.3 is 5.91 Å². The largest absolute Gasteiger partial charge is 0.451 e. The summed E-state index contributed by atoms with van der Waals surface area (Å²) >= 11 is 0. The molecule has 0 saturated heterocycles. The number of furan rings is 1. The van der Waals surface area contributed by atoms with E-state index >= 15 is 0 Å². The molecular weight excluding hydrogens is 432 g/mol. The van der Waals surface area contributed by atoms with E-state index in [1.165, 1.54) is 35.5 Å². The van der Waals surface area contributed by atoms with Gasteiger partial charge in [-0.15, -0.1) is 0 Å². The molecule has 0 spiro atoms. The van der Waals surface area contributed by atoms with Crippen LogP contribution in [-0.4, -0.2) is 29.1 Å². The van der Waals surface area contributed by atoms with Gasteiger partial charge in [0.2, 0.25) is 0 Å². The molecule has 1 aliphatic heterocycles. The fourth-order valence-electron chi connectivity index (χ4n) is 4.49. The smallest absolute Gasteiger partial charge is 0.307 e. The second kappa shape index (κ2) is 8.78. The number of nitrogens with zero attached hydrogens (tertiary/aromatic N) is 3. The predicted molar refractivity (Wildman–Crippen MR) is 134 cm³/mol. The van der Waals surface area contributed by atoms with E-state index in [-0.39, 0.29) is 17.0 Å². The van der Waals surface area contributed by atoms with Gasteiger partial charge in [-0.3, -0.25) is 14.9 Å². The van der Waals surface area contributed by atoms with Crippen molar-refractivity contribution in [1.82, 2.24) is 5.43 Å². The van der Waals surface area contributed by atoms with Crippen LogP contribution in [-0.2, 0) is 0 Å². The highest BCUT2D eigenvalue weighted by Crippen LogP contribution is 2.40. The monoisotopic (exact) mass is 460 g/mol. The summed E-state index contributed by atoms with van der Waals surface area (Å²) in [7, 11) is 0. The van der Waals surface area contributed by atoms with Crippen molar-refractivity contribution in [1.29, 1.82) is 0 Å². The van der Waals surface area contributed by atoms with Crippen LogP contribution in [0.3, 0.4) is 0 Å². The predicted octanol–water partition coefficient (Wildman–Crippen LogP) is 5.83. The van der Waals surface area contributed by atoms with Gasteiger partial charge in [-0.2, -0.15) is 5.10 Å². The van der Waals surface area contributed by atoms with E-state index in [9.17, 15) is 14.9 Å². The molecule has 2 heterocycles. The van der Waals surface area contributed by atoms with E-state index in [0.717, 1.165) is 29.7 Å². The summed E-state index contributed by atoms with van der Waals surface area (Å²) < 4.78 is 5.51. The van der Waals surface area contributed by atoms with Crippen LogP contribution in [0.25, 0.3) is 16.5 Å². The highest BCUT2D eigenvalue weighted by Gasteiger charge is 2.31. The molecule has 1 aromatic heterocycles. The fraction of sp³-hybridized carbons (Fsp3) is 0.308. The lowest BCUT2D eigenvalue weighted by Gasteiger charge is -2.43. The quantitative estimate of drug-likeness (QED) is 0.283. The minimum atomic E-state index is -0.530. The third-order valence-electron chi connectivity index (χ3n) is 6.12. The minimum Gasteiger partial charge on any atom is -0.451 e. The SMILES string of the molecule is CCCN1c2cc(C)c(/C=N\NC(=O)c3cc4cc([N+](=O)[O-])ccc4o3)cc2C(C)=CC1(C)C. The summed E-state index contributed by atoms with van der Waals surface area (Å²) in [5, 5.41) is 15.6. The van der Waals surface area contributed by atoms with Crippen molar-refractivity contribution in [2.24, 2.45) is 5.10 Å². The lowest BCUT2D eigenvalue weighted by Crippen LogP contribution is -2.45. The Labute approximate surface area is 198 Å². The molecule has 176 valence electrons. The van der Waals surface area contributed by atoms with Crippen molar-refractivity contribution < 1.29 is 14.1 Å². The number of anilines is 1. The number of carbonyl (C=O) groups excluding carboxylic acids is 1. The highest BCUT2D eigenvalue weighted by molar-refractivity contribution is 5.97. The van der Waals surface area contributed by atoms with Crippen LogP contribution >= 0.6 is 0 Å². The van der Waals surface area contributed by atoms with E-state index in [1.807, 2.05) is 6.92 Å². The van der Waals surface area contributed by atoms with E-state index < -0.39 is 10.8 Å². The Morgan fingerprint density at radius 3 is 2.71 bits per heavy atom. The number of fused-ring (bicyclic) bond motifs is 2. The number of allylic oxidation sites excluding steroid dienone is 1. The molecule has 1 amide bonds. The van der Waals surface area contributed by atoms with Crippen molar-refractivity contribution in [3.05, 3.63) is 75.0 Å². The first-order chi connectivity index (χ1) is 16.1. The van der Waals surface area contributed by atoms with Gasteiger partial charge in [-0.25, -0.2) is 5.43 Å². The number of amides is 1. The summed E-state index contributed by atoms with van der Waals surface area (Å²) in [5.74, 6) is -0.497. The second-order valence-electron chi connectivity index (χ2n) is 9.15. The molecule has 0 atom stereocenters. The van der Waals surface area contributed by atoms with Crippen LogP contribution in [0.1, 0.15) is 61.4 Å². The Balaban J connectivity index is 1.55. The normalized spacial score (nSPS) is 14.9. The number of carbonyl (C=O) groups is 1. The number of hydrogen-bond acceptors (Lipinski definition) is 6. The zero-order chi connectivity index (χ0) is 24.6. The van der Waals surface area contributed by atoms with Crippen LogP contribution in [0.5, 0.6) is 0 Å². The van der Waals surface area contributed by atoms with Crippen molar-refractivity contribution in [3.8, 4) is 0 Å². The third kappa shape index (κ3) is 4.31. The van der Waals surface area contributed by atoms with Gasteiger partial charge in [-0.1, -0.05) is 13.0 Å². The average molecular weight is 461 g/mol. The maximum Gasteiger partial charge on any atom is 0.307 e. The van der Waals surface area contributed by atoms with Crippen LogP contribution in [0.15, 0.2) is 52.0 Å². The average Bonchev–Trinajstić information content (AvgIpc) is 3.20. The maximum absolute atomic E-state index is 12.5. The van der Waals surface area contributed by atoms with E-state index in [0.29, 0.717) is 11.0 Å². The summed E-state index contributed by atoms with van der Waals surface area (Å²) in [6.07, 6.45) is 4.96. The third-order valence-corrected chi connectivity index (χ3v) is 6.12. The van der Waals surface area contributed by atoms with Crippen molar-refractivity contribution in [2.45, 2.75) is 46.6 Å². The van der Waals surface area contributed by atoms with Crippen LogP contribution in [0.2, 0.25) is 0 Å². The number of nitrogens with one attached hydrogen (secondary N) is 1. The van der Waals surface area contributed by atoms with E-state index in [4.69, 9.17) is 4.42 Å². The lowest BCUT2D eigenvalue weighted by molar-refractivity contribution is -0.384. The van der Waals surface area contributed by atoms with Gasteiger partial charge in [0.1, 0.15) is 5.58 Å². The summed E-state index contributed by atoms with van der Waals surface area (Å²) in [4.78, 5) is 25.4. The fourth-order valence-corrected chi connectivity index (χ4v) is 4.49. The van der Waals surface area contributed by atoms with E-state index in [1.54, 1.807) is 6.21 Å². The first kappa shape index (κ1) is 23.2. The van der Waals surface area contributed by atoms with Crippen molar-refractivity contribution >= 4 is 40.0 Å². The first-order valence-corrected chi connectivity index (χ1v) is 11.2. The molecule has 0 fully saturated rings. The molecule has 34 heavy (non-hydrogen) atoms. The van der Waals surface area contributed by atoms with Gasteiger partial charge in [0.05, 0.1) is 16.7 Å². The number of nitro groups is 1. The van der Waals surface area contributed by atoms with Gasteiger partial charge in [0.15, 0.2) is 5.76 Å². The molecule has 1 aliphatic rings. The number of hydrazone groups is 1. The molecule has 0 saturated carbocycles.